The molecule has 1 amide bonds. The van der Waals surface area contributed by atoms with Crippen molar-refractivity contribution in [1.29, 1.82) is 0 Å². The second-order valence-corrected chi connectivity index (χ2v) is 5.33. The van der Waals surface area contributed by atoms with Crippen LogP contribution in [0.4, 0.5) is 0 Å². The molecule has 0 aliphatic carbocycles. The predicted octanol–water partition coefficient (Wildman–Crippen LogP) is 1.12. The van der Waals surface area contributed by atoms with Crippen molar-refractivity contribution < 1.29 is 9.53 Å². The summed E-state index contributed by atoms with van der Waals surface area (Å²) in [5.41, 5.74) is 6.56. The SMILES string of the molecule is CCN1CCCC1CNC(=O)COc1ccccc1CN. The molecule has 1 aromatic rings. The lowest BCUT2D eigenvalue weighted by Crippen LogP contribution is -2.41. The monoisotopic (exact) mass is 291 g/mol. The number of benzene rings is 1. The Kier molecular flexibility index (Phi) is 6.02. The Balaban J connectivity index is 1.75. The fraction of sp³-hybridized carbons (Fsp3) is 0.562. The molecule has 3 N–H and O–H groups in total. The average Bonchev–Trinajstić information content (AvgIpc) is 2.98. The highest BCUT2D eigenvalue weighted by atomic mass is 16.5. The second kappa shape index (κ2) is 8.00. The van der Waals surface area contributed by atoms with Gasteiger partial charge in [0.2, 0.25) is 0 Å². The van der Waals surface area contributed by atoms with E-state index in [4.69, 9.17) is 10.5 Å². The lowest BCUT2D eigenvalue weighted by molar-refractivity contribution is -0.123. The van der Waals surface area contributed by atoms with Crippen molar-refractivity contribution in [2.24, 2.45) is 5.73 Å². The molecule has 2 rings (SSSR count). The number of likely N-dealkylation sites (tertiary alicyclic amines) is 1. The van der Waals surface area contributed by atoms with Crippen LogP contribution >= 0.6 is 0 Å². The van der Waals surface area contributed by atoms with Gasteiger partial charge >= 0.3 is 0 Å². The maximum Gasteiger partial charge on any atom is 0.257 e. The maximum absolute atomic E-state index is 11.9. The average molecular weight is 291 g/mol. The highest BCUT2D eigenvalue weighted by Gasteiger charge is 2.23. The Morgan fingerprint density at radius 2 is 2.29 bits per heavy atom. The van der Waals surface area contributed by atoms with Gasteiger partial charge in [0.05, 0.1) is 0 Å². The number of likely N-dealkylation sites (N-methyl/N-ethyl adjacent to an activating group) is 1. The zero-order valence-electron chi connectivity index (χ0n) is 12.7. The molecule has 116 valence electrons. The van der Waals surface area contributed by atoms with Crippen LogP contribution in [0.2, 0.25) is 0 Å². The smallest absolute Gasteiger partial charge is 0.257 e. The molecule has 1 unspecified atom stereocenters. The predicted molar refractivity (Wildman–Crippen MR) is 83.1 cm³/mol. The van der Waals surface area contributed by atoms with Gasteiger partial charge in [-0.2, -0.15) is 0 Å². The largest absolute Gasteiger partial charge is 0.483 e. The minimum atomic E-state index is -0.0789. The molecule has 0 bridgehead atoms. The van der Waals surface area contributed by atoms with E-state index in [9.17, 15) is 4.79 Å². The number of nitrogens with two attached hydrogens (primary N) is 1. The number of rotatable bonds is 7. The zero-order valence-corrected chi connectivity index (χ0v) is 12.7. The molecule has 1 atom stereocenters. The number of ether oxygens (including phenoxy) is 1. The first-order valence-electron chi connectivity index (χ1n) is 7.66. The maximum atomic E-state index is 11.9. The number of amides is 1. The first kappa shape index (κ1) is 15.8. The van der Waals surface area contributed by atoms with Crippen LogP contribution in [0, 0.1) is 0 Å². The van der Waals surface area contributed by atoms with Gasteiger partial charge in [-0.1, -0.05) is 25.1 Å². The van der Waals surface area contributed by atoms with Crippen LogP contribution in [0.25, 0.3) is 0 Å². The van der Waals surface area contributed by atoms with Crippen molar-refractivity contribution >= 4 is 5.91 Å². The molecule has 1 heterocycles. The highest BCUT2D eigenvalue weighted by Crippen LogP contribution is 2.17. The Morgan fingerprint density at radius 3 is 3.05 bits per heavy atom. The van der Waals surface area contributed by atoms with E-state index < -0.39 is 0 Å². The van der Waals surface area contributed by atoms with Gasteiger partial charge in [-0.3, -0.25) is 9.69 Å². The summed E-state index contributed by atoms with van der Waals surface area (Å²) in [6, 6.07) is 8.00. The van der Waals surface area contributed by atoms with Crippen molar-refractivity contribution in [3.63, 3.8) is 0 Å². The van der Waals surface area contributed by atoms with Crippen molar-refractivity contribution in [2.45, 2.75) is 32.4 Å². The van der Waals surface area contributed by atoms with Crippen LogP contribution < -0.4 is 15.8 Å². The van der Waals surface area contributed by atoms with Crippen molar-refractivity contribution in [2.75, 3.05) is 26.2 Å². The topological polar surface area (TPSA) is 67.6 Å². The van der Waals surface area contributed by atoms with Gasteiger partial charge < -0.3 is 15.8 Å². The van der Waals surface area contributed by atoms with Gasteiger partial charge in [0.1, 0.15) is 5.75 Å². The van der Waals surface area contributed by atoms with Gasteiger partial charge in [-0.15, -0.1) is 0 Å². The van der Waals surface area contributed by atoms with Gasteiger partial charge in [-0.25, -0.2) is 0 Å². The minimum Gasteiger partial charge on any atom is -0.483 e. The van der Waals surface area contributed by atoms with Gasteiger partial charge in [0.15, 0.2) is 6.61 Å². The van der Waals surface area contributed by atoms with Gasteiger partial charge in [0.25, 0.3) is 5.91 Å². The number of hydrogen-bond donors (Lipinski definition) is 2. The molecule has 0 spiro atoms. The van der Waals surface area contributed by atoms with Crippen LogP contribution in [0.3, 0.4) is 0 Å². The third-order valence-electron chi connectivity index (χ3n) is 3.99. The summed E-state index contributed by atoms with van der Waals surface area (Å²) < 4.78 is 5.55. The number of carbonyl (C=O) groups is 1. The quantitative estimate of drug-likeness (QED) is 0.790. The Morgan fingerprint density at radius 1 is 1.48 bits per heavy atom. The summed E-state index contributed by atoms with van der Waals surface area (Å²) in [5, 5.41) is 2.96. The molecule has 1 aliphatic rings. The van der Waals surface area contributed by atoms with E-state index >= 15 is 0 Å². The molecule has 1 aliphatic heterocycles. The number of nitrogens with zero attached hydrogens (tertiary/aromatic N) is 1. The van der Waals surface area contributed by atoms with E-state index in [1.807, 2.05) is 24.3 Å². The third kappa shape index (κ3) is 4.44. The summed E-state index contributed by atoms with van der Waals surface area (Å²) in [5.74, 6) is 0.607. The molecule has 0 saturated carbocycles. The van der Waals surface area contributed by atoms with Crippen LogP contribution in [0.5, 0.6) is 5.75 Å². The van der Waals surface area contributed by atoms with E-state index in [-0.39, 0.29) is 12.5 Å². The van der Waals surface area contributed by atoms with Crippen molar-refractivity contribution in [1.82, 2.24) is 10.2 Å². The van der Waals surface area contributed by atoms with Crippen LogP contribution in [-0.2, 0) is 11.3 Å². The van der Waals surface area contributed by atoms with E-state index in [0.717, 1.165) is 25.1 Å². The molecule has 1 saturated heterocycles. The molecular weight excluding hydrogens is 266 g/mol. The van der Waals surface area contributed by atoms with Crippen LogP contribution in [-0.4, -0.2) is 43.1 Å². The van der Waals surface area contributed by atoms with E-state index in [0.29, 0.717) is 24.9 Å². The fourth-order valence-electron chi connectivity index (χ4n) is 2.78. The Labute approximate surface area is 126 Å². The first-order chi connectivity index (χ1) is 10.2. The first-order valence-corrected chi connectivity index (χ1v) is 7.66. The second-order valence-electron chi connectivity index (χ2n) is 5.33. The van der Waals surface area contributed by atoms with E-state index in [2.05, 4.69) is 17.1 Å². The lowest BCUT2D eigenvalue weighted by atomic mass is 10.2. The summed E-state index contributed by atoms with van der Waals surface area (Å²) in [4.78, 5) is 14.3. The minimum absolute atomic E-state index is 0.0376. The zero-order chi connectivity index (χ0) is 15.1. The summed E-state index contributed by atoms with van der Waals surface area (Å²) in [7, 11) is 0. The van der Waals surface area contributed by atoms with Gasteiger partial charge in [0, 0.05) is 24.7 Å². The standard InChI is InChI=1S/C16H25N3O2/c1-2-19-9-5-7-14(19)11-18-16(20)12-21-15-8-4-3-6-13(15)10-17/h3-4,6,8,14H,2,5,7,9-12,17H2,1H3,(H,18,20). The molecule has 5 nitrogen and oxygen atoms in total. The van der Waals surface area contributed by atoms with Crippen molar-refractivity contribution in [3.8, 4) is 5.75 Å². The molecule has 0 radical (unpaired) electrons. The molecule has 0 aromatic heterocycles. The summed E-state index contributed by atoms with van der Waals surface area (Å²) >= 11 is 0. The lowest BCUT2D eigenvalue weighted by Gasteiger charge is -2.22. The Bertz CT molecular complexity index is 465. The summed E-state index contributed by atoms with van der Waals surface area (Å²) in [6.07, 6.45) is 2.37. The molecule has 5 heteroatoms. The van der Waals surface area contributed by atoms with Gasteiger partial charge in [-0.05, 0) is 32.0 Å². The van der Waals surface area contributed by atoms with E-state index in [1.54, 1.807) is 0 Å². The third-order valence-corrected chi connectivity index (χ3v) is 3.99. The number of hydrogen-bond acceptors (Lipinski definition) is 4. The number of carbonyl (C=O) groups excluding carboxylic acids is 1. The Hall–Kier alpha value is -1.59. The van der Waals surface area contributed by atoms with E-state index in [1.165, 1.54) is 6.42 Å². The normalized spacial score (nSPS) is 18.7. The van der Waals surface area contributed by atoms with Crippen LogP contribution in [0.15, 0.2) is 24.3 Å². The summed E-state index contributed by atoms with van der Waals surface area (Å²) in [6.45, 7) is 5.49. The molecule has 21 heavy (non-hydrogen) atoms. The number of nitrogens with one attached hydrogen (secondary N) is 1. The number of para-hydroxylation sites is 1. The molecule has 1 aromatic carbocycles. The molecule has 1 fully saturated rings. The highest BCUT2D eigenvalue weighted by molar-refractivity contribution is 5.77. The van der Waals surface area contributed by atoms with Crippen LogP contribution in [0.1, 0.15) is 25.3 Å². The van der Waals surface area contributed by atoms with Crippen molar-refractivity contribution in [3.05, 3.63) is 29.8 Å². The molecular formula is C16H25N3O2. The fourth-order valence-corrected chi connectivity index (χ4v) is 2.78.